The topological polar surface area (TPSA) is 139 Å². The first kappa shape index (κ1) is 27.8. The van der Waals surface area contributed by atoms with Crippen LogP contribution in [0.5, 0.6) is 5.75 Å². The van der Waals surface area contributed by atoms with Gasteiger partial charge in [0.15, 0.2) is 11.3 Å². The lowest BCUT2D eigenvalue weighted by Crippen LogP contribution is -2.44. The van der Waals surface area contributed by atoms with Gasteiger partial charge in [0.25, 0.3) is 5.56 Å². The van der Waals surface area contributed by atoms with Gasteiger partial charge in [-0.2, -0.15) is 18.3 Å². The van der Waals surface area contributed by atoms with Crippen molar-refractivity contribution in [1.82, 2.24) is 25.1 Å². The first-order valence-electron chi connectivity index (χ1n) is 11.8. The third-order valence-corrected chi connectivity index (χ3v) is 5.73. The number of aryl methyl sites for hydroxylation is 1. The zero-order chi connectivity index (χ0) is 27.3. The maximum Gasteiger partial charge on any atom is 0.490 e. The van der Waals surface area contributed by atoms with Crippen LogP contribution in [0, 0.1) is 0 Å². The Hall–Kier alpha value is -3.74. The number of fused-ring (bicyclic) bond motifs is 1. The predicted molar refractivity (Wildman–Crippen MR) is 129 cm³/mol. The Morgan fingerprint density at radius 1 is 1.22 bits per heavy atom. The van der Waals surface area contributed by atoms with Gasteiger partial charge in [-0.3, -0.25) is 14.3 Å². The highest BCUT2D eigenvalue weighted by Crippen LogP contribution is 2.30. The highest BCUT2D eigenvalue weighted by Gasteiger charge is 2.38. The Balaban J connectivity index is 0.000000479. The zero-order valence-corrected chi connectivity index (χ0v) is 20.6. The molecule has 0 unspecified atom stereocenters. The van der Waals surface area contributed by atoms with Crippen molar-refractivity contribution in [3.8, 4) is 17.1 Å². The minimum atomic E-state index is -5.08. The molecule has 4 rings (SSSR count). The number of aliphatic carboxylic acids is 1. The molecular weight excluding hydrogens is 495 g/mol. The molecular formula is C24H28F3N5O5. The summed E-state index contributed by atoms with van der Waals surface area (Å²) in [6.07, 6.45) is -2.44. The zero-order valence-electron chi connectivity index (χ0n) is 20.6. The van der Waals surface area contributed by atoms with Crippen LogP contribution in [0.25, 0.3) is 22.4 Å². The SMILES string of the molecule is CCCCOc1ccc(C(C)=O)cc1-c1nc2c(CC)n(C3CNC3)nc2c(=O)[nH]1.O=C(O)C(F)(F)F. The summed E-state index contributed by atoms with van der Waals surface area (Å²) in [5, 5.41) is 14.9. The van der Waals surface area contributed by atoms with Crippen LogP contribution in [-0.4, -0.2) is 62.5 Å². The normalized spacial score (nSPS) is 13.6. The number of Topliss-reactive ketones (excluding diaryl/α,β-unsaturated/α-hetero) is 1. The molecule has 1 aromatic carbocycles. The number of rotatable bonds is 8. The van der Waals surface area contributed by atoms with Gasteiger partial charge in [0.05, 0.1) is 23.9 Å². The molecule has 2 aromatic heterocycles. The number of nitrogens with one attached hydrogen (secondary N) is 2. The number of aromatic nitrogens is 4. The number of unbranched alkanes of at least 4 members (excludes halogenated alkanes) is 1. The summed E-state index contributed by atoms with van der Waals surface area (Å²) in [4.78, 5) is 41.4. The van der Waals surface area contributed by atoms with Crippen molar-refractivity contribution in [2.45, 2.75) is 52.3 Å². The van der Waals surface area contributed by atoms with Gasteiger partial charge in [-0.25, -0.2) is 9.78 Å². The lowest BCUT2D eigenvalue weighted by molar-refractivity contribution is -0.192. The Bertz CT molecular complexity index is 1350. The molecule has 10 nitrogen and oxygen atoms in total. The summed E-state index contributed by atoms with van der Waals surface area (Å²) >= 11 is 0. The standard InChI is InChI=1S/C22H27N5O3.C2HF3O2/c1-4-6-9-30-18-8-7-14(13(3)28)10-16(18)21-24-19-17(5-2)27(15-11-23-12-15)26-20(19)22(29)25-21;3-2(4,5)1(6)7/h7-8,10,15,23H,4-6,9,11-12H2,1-3H3,(H,24,25,29);(H,6,7). The number of alkyl halides is 3. The number of carboxylic acids is 1. The summed E-state index contributed by atoms with van der Waals surface area (Å²) in [5.41, 5.74) is 2.76. The molecule has 0 spiro atoms. The van der Waals surface area contributed by atoms with Crippen molar-refractivity contribution in [2.75, 3.05) is 19.7 Å². The monoisotopic (exact) mass is 523 g/mol. The van der Waals surface area contributed by atoms with Crippen molar-refractivity contribution in [2.24, 2.45) is 0 Å². The first-order chi connectivity index (χ1) is 17.5. The average molecular weight is 524 g/mol. The molecule has 37 heavy (non-hydrogen) atoms. The number of ether oxygens (including phenoxy) is 1. The number of H-pyrrole nitrogens is 1. The fourth-order valence-corrected chi connectivity index (χ4v) is 3.63. The summed E-state index contributed by atoms with van der Waals surface area (Å²) in [6, 6.07) is 5.49. The Morgan fingerprint density at radius 3 is 2.41 bits per heavy atom. The van der Waals surface area contributed by atoms with Crippen molar-refractivity contribution in [3.63, 3.8) is 0 Å². The van der Waals surface area contributed by atoms with E-state index in [9.17, 15) is 22.8 Å². The van der Waals surface area contributed by atoms with Gasteiger partial charge in [-0.15, -0.1) is 0 Å². The summed E-state index contributed by atoms with van der Waals surface area (Å²) < 4.78 is 39.6. The molecule has 3 N–H and O–H groups in total. The van der Waals surface area contributed by atoms with Crippen LogP contribution < -0.4 is 15.6 Å². The Labute approximate surface area is 209 Å². The largest absolute Gasteiger partial charge is 0.493 e. The molecule has 0 amide bonds. The van der Waals surface area contributed by atoms with Gasteiger partial charge in [-0.1, -0.05) is 20.3 Å². The van der Waals surface area contributed by atoms with E-state index in [1.54, 1.807) is 18.2 Å². The second-order valence-electron chi connectivity index (χ2n) is 8.44. The van der Waals surface area contributed by atoms with Gasteiger partial charge in [0.2, 0.25) is 0 Å². The molecule has 3 heterocycles. The molecule has 13 heteroatoms. The molecule has 0 aliphatic carbocycles. The lowest BCUT2D eigenvalue weighted by Gasteiger charge is -2.28. The van der Waals surface area contributed by atoms with Crippen molar-refractivity contribution in [3.05, 3.63) is 39.8 Å². The van der Waals surface area contributed by atoms with Gasteiger partial charge in [0, 0.05) is 18.7 Å². The lowest BCUT2D eigenvalue weighted by atomic mass is 10.1. The molecule has 1 aliphatic heterocycles. The van der Waals surface area contributed by atoms with Gasteiger partial charge < -0.3 is 20.1 Å². The van der Waals surface area contributed by atoms with Crippen LogP contribution in [0.2, 0.25) is 0 Å². The van der Waals surface area contributed by atoms with E-state index < -0.39 is 12.1 Å². The van der Waals surface area contributed by atoms with Crippen LogP contribution >= 0.6 is 0 Å². The highest BCUT2D eigenvalue weighted by molar-refractivity contribution is 5.95. The van der Waals surface area contributed by atoms with Crippen LogP contribution in [0.4, 0.5) is 13.2 Å². The summed E-state index contributed by atoms with van der Waals surface area (Å²) in [7, 11) is 0. The van der Waals surface area contributed by atoms with Crippen LogP contribution in [-0.2, 0) is 11.2 Å². The van der Waals surface area contributed by atoms with E-state index in [0.29, 0.717) is 40.3 Å². The number of hydrogen-bond acceptors (Lipinski definition) is 7. The number of benzene rings is 1. The highest BCUT2D eigenvalue weighted by atomic mass is 19.4. The number of halogens is 3. The minimum Gasteiger partial charge on any atom is -0.493 e. The molecule has 0 bridgehead atoms. The molecule has 1 aliphatic rings. The molecule has 3 aromatic rings. The maximum absolute atomic E-state index is 12.9. The molecule has 0 radical (unpaired) electrons. The minimum absolute atomic E-state index is 0.0562. The molecule has 0 atom stereocenters. The number of hydrogen-bond donors (Lipinski definition) is 3. The number of nitrogens with zero attached hydrogens (tertiary/aromatic N) is 3. The van der Waals surface area contributed by atoms with E-state index in [-0.39, 0.29) is 17.4 Å². The van der Waals surface area contributed by atoms with Gasteiger partial charge >= 0.3 is 12.1 Å². The Kier molecular flexibility index (Phi) is 8.69. The van der Waals surface area contributed by atoms with Crippen LogP contribution in [0.3, 0.4) is 0 Å². The molecule has 1 fully saturated rings. The van der Waals surface area contributed by atoms with Crippen molar-refractivity contribution >= 4 is 22.8 Å². The second-order valence-corrected chi connectivity index (χ2v) is 8.44. The number of ketones is 1. The predicted octanol–water partition coefficient (Wildman–Crippen LogP) is 3.51. The van der Waals surface area contributed by atoms with E-state index >= 15 is 0 Å². The molecule has 0 saturated carbocycles. The van der Waals surface area contributed by atoms with Crippen molar-refractivity contribution < 1.29 is 32.6 Å². The number of carboxylic acid groups (broad SMARTS) is 1. The van der Waals surface area contributed by atoms with Crippen LogP contribution in [0.1, 0.15) is 55.7 Å². The first-order valence-corrected chi connectivity index (χ1v) is 11.8. The van der Waals surface area contributed by atoms with E-state index in [0.717, 1.165) is 38.0 Å². The number of aromatic amines is 1. The molecule has 1 saturated heterocycles. The fraction of sp³-hybridized carbons (Fsp3) is 0.458. The van der Waals surface area contributed by atoms with Crippen molar-refractivity contribution in [1.29, 1.82) is 0 Å². The summed E-state index contributed by atoms with van der Waals surface area (Å²) in [6.45, 7) is 7.88. The summed E-state index contributed by atoms with van der Waals surface area (Å²) in [5.74, 6) is -1.82. The van der Waals surface area contributed by atoms with E-state index in [4.69, 9.17) is 19.6 Å². The smallest absolute Gasteiger partial charge is 0.490 e. The number of carbonyl (C=O) groups is 2. The van der Waals surface area contributed by atoms with E-state index in [1.165, 1.54) is 6.92 Å². The maximum atomic E-state index is 12.9. The van der Waals surface area contributed by atoms with Gasteiger partial charge in [0.1, 0.15) is 17.1 Å². The third kappa shape index (κ3) is 6.34. The van der Waals surface area contributed by atoms with E-state index in [2.05, 4.69) is 22.3 Å². The molecule has 200 valence electrons. The fourth-order valence-electron chi connectivity index (χ4n) is 3.63. The van der Waals surface area contributed by atoms with E-state index in [1.807, 2.05) is 11.6 Å². The average Bonchev–Trinajstić information content (AvgIpc) is 3.16. The Morgan fingerprint density at radius 2 is 1.89 bits per heavy atom. The second kappa shape index (κ2) is 11.5. The quantitative estimate of drug-likeness (QED) is 0.301. The van der Waals surface area contributed by atoms with Gasteiger partial charge in [-0.05, 0) is 38.0 Å². The van der Waals surface area contributed by atoms with Crippen LogP contribution in [0.15, 0.2) is 23.0 Å². The third-order valence-electron chi connectivity index (χ3n) is 5.73. The number of carbonyl (C=O) groups excluding carboxylic acids is 1.